The smallest absolute Gasteiger partial charge is 0.0726 e. The minimum Gasteiger partial charge on any atom is -0.310 e. The highest BCUT2D eigenvalue weighted by Crippen LogP contribution is 2.66. The van der Waals surface area contributed by atoms with Crippen molar-refractivity contribution in [3.63, 3.8) is 0 Å². The van der Waals surface area contributed by atoms with E-state index in [9.17, 15) is 0 Å². The molecule has 0 heterocycles. The Balaban J connectivity index is 1.08. The summed E-state index contributed by atoms with van der Waals surface area (Å²) in [7, 11) is 0. The first-order chi connectivity index (χ1) is 32.0. The number of fused-ring (bicyclic) bond motifs is 14. The van der Waals surface area contributed by atoms with Crippen molar-refractivity contribution in [2.75, 3.05) is 4.90 Å². The number of nitrogens with zero attached hydrogens (tertiary/aromatic N) is 1. The van der Waals surface area contributed by atoms with Crippen molar-refractivity contribution in [3.05, 3.63) is 270 Å². The molecule has 13 rings (SSSR count). The molecule has 0 aliphatic heterocycles. The van der Waals surface area contributed by atoms with Crippen LogP contribution in [0.15, 0.2) is 237 Å². The zero-order valence-electron chi connectivity index (χ0n) is 36.5. The summed E-state index contributed by atoms with van der Waals surface area (Å²) >= 11 is 0. The molecule has 0 saturated carbocycles. The Hall–Kier alpha value is -8.00. The fourth-order valence-electron chi connectivity index (χ4n) is 11.8. The SMILES string of the molecule is CC1(C)c2ccccc2-c2c1ccc1c2-c2ccccc2C12c1ccccc1-c1ccc(N(c3ccc(-c4ccccc4)cc3)c3cc(-c4ccccc4)cc(-c4ccccc4)c3)cc12. The predicted molar refractivity (Wildman–Crippen MR) is 271 cm³/mol. The molecule has 3 aliphatic rings. The lowest BCUT2D eigenvalue weighted by Gasteiger charge is -2.33. The van der Waals surface area contributed by atoms with Gasteiger partial charge in [0.15, 0.2) is 0 Å². The molecule has 0 N–H and O–H groups in total. The quantitative estimate of drug-likeness (QED) is 0.161. The maximum Gasteiger partial charge on any atom is 0.0726 e. The Morgan fingerprint density at radius 2 is 0.692 bits per heavy atom. The molecule has 1 unspecified atom stereocenters. The average Bonchev–Trinajstić information content (AvgIpc) is 3.93. The van der Waals surface area contributed by atoms with E-state index in [0.717, 1.165) is 17.1 Å². The summed E-state index contributed by atoms with van der Waals surface area (Å²) in [5.41, 5.74) is 26.0. The highest BCUT2D eigenvalue weighted by Gasteiger charge is 2.54. The first kappa shape index (κ1) is 37.5. The molecule has 10 aromatic rings. The van der Waals surface area contributed by atoms with E-state index in [2.05, 4.69) is 255 Å². The Bertz CT molecular complexity index is 3430. The summed E-state index contributed by atoms with van der Waals surface area (Å²) in [4.78, 5) is 2.48. The highest BCUT2D eigenvalue weighted by atomic mass is 15.1. The van der Waals surface area contributed by atoms with Crippen LogP contribution in [0.25, 0.3) is 66.8 Å². The summed E-state index contributed by atoms with van der Waals surface area (Å²) in [6.07, 6.45) is 0. The minimum atomic E-state index is -0.519. The summed E-state index contributed by atoms with van der Waals surface area (Å²) < 4.78 is 0. The van der Waals surface area contributed by atoms with Crippen molar-refractivity contribution in [2.24, 2.45) is 0 Å². The van der Waals surface area contributed by atoms with Crippen molar-refractivity contribution in [1.29, 1.82) is 0 Å². The Morgan fingerprint density at radius 1 is 0.262 bits per heavy atom. The summed E-state index contributed by atoms with van der Waals surface area (Å²) in [5, 5.41) is 0. The predicted octanol–water partition coefficient (Wildman–Crippen LogP) is 16.8. The molecule has 0 bridgehead atoms. The van der Waals surface area contributed by atoms with E-state index in [1.807, 2.05) is 0 Å². The molecule has 3 aliphatic carbocycles. The first-order valence-corrected chi connectivity index (χ1v) is 22.8. The topological polar surface area (TPSA) is 3.24 Å². The van der Waals surface area contributed by atoms with E-state index in [0.29, 0.717) is 0 Å². The van der Waals surface area contributed by atoms with Crippen molar-refractivity contribution in [1.82, 2.24) is 0 Å². The van der Waals surface area contributed by atoms with Crippen LogP contribution in [0.4, 0.5) is 17.1 Å². The van der Waals surface area contributed by atoms with Crippen LogP contribution in [0.3, 0.4) is 0 Å². The lowest BCUT2D eigenvalue weighted by molar-refractivity contribution is 0.660. The standard InChI is InChI=1S/C64H45N/c1-63(2)55-27-15-13-25-53(55)61-58(63)36-37-59-62(61)54-26-14-17-29-57(54)64(59)56-28-16-12-24-51(56)52-35-34-49(41-60(52)64)65(48-32-30-45(31-33-48)42-18-6-3-7-19-42)50-39-46(43-20-8-4-9-21-43)38-47(40-50)44-22-10-5-11-23-44/h3-41H,1-2H3. The number of anilines is 3. The van der Waals surface area contributed by atoms with Crippen LogP contribution >= 0.6 is 0 Å². The molecule has 0 amide bonds. The second-order valence-electron chi connectivity index (χ2n) is 18.4. The Labute approximate surface area is 381 Å². The summed E-state index contributed by atoms with van der Waals surface area (Å²) in [6.45, 7) is 4.79. The van der Waals surface area contributed by atoms with Crippen molar-refractivity contribution < 1.29 is 0 Å². The molecule has 1 heteroatoms. The Morgan fingerprint density at radius 3 is 1.31 bits per heavy atom. The molecule has 1 atom stereocenters. The lowest BCUT2D eigenvalue weighted by atomic mass is 9.70. The normalized spacial score (nSPS) is 15.4. The minimum absolute atomic E-state index is 0.103. The van der Waals surface area contributed by atoms with Crippen LogP contribution < -0.4 is 4.90 Å². The van der Waals surface area contributed by atoms with Gasteiger partial charge in [-0.05, 0) is 143 Å². The summed E-state index contributed by atoms with van der Waals surface area (Å²) in [6, 6.07) is 88.2. The monoisotopic (exact) mass is 827 g/mol. The maximum atomic E-state index is 2.52. The molecule has 0 radical (unpaired) electrons. The second-order valence-corrected chi connectivity index (χ2v) is 18.4. The Kier molecular flexibility index (Phi) is 8.24. The van der Waals surface area contributed by atoms with E-state index < -0.39 is 5.41 Å². The number of benzene rings is 10. The molecule has 1 nitrogen and oxygen atoms in total. The van der Waals surface area contributed by atoms with Crippen molar-refractivity contribution in [3.8, 4) is 66.8 Å². The van der Waals surface area contributed by atoms with Gasteiger partial charge in [0.05, 0.1) is 5.41 Å². The number of hydrogen-bond acceptors (Lipinski definition) is 1. The molecule has 65 heavy (non-hydrogen) atoms. The van der Waals surface area contributed by atoms with E-state index in [1.54, 1.807) is 0 Å². The zero-order chi connectivity index (χ0) is 43.3. The van der Waals surface area contributed by atoms with Gasteiger partial charge < -0.3 is 4.90 Å². The first-order valence-electron chi connectivity index (χ1n) is 22.8. The third-order valence-electron chi connectivity index (χ3n) is 14.7. The van der Waals surface area contributed by atoms with Gasteiger partial charge in [-0.1, -0.05) is 208 Å². The largest absolute Gasteiger partial charge is 0.310 e. The lowest BCUT2D eigenvalue weighted by Crippen LogP contribution is -2.26. The van der Waals surface area contributed by atoms with Crippen LogP contribution in [-0.2, 0) is 10.8 Å². The van der Waals surface area contributed by atoms with Gasteiger partial charge in [0, 0.05) is 22.5 Å². The van der Waals surface area contributed by atoms with Gasteiger partial charge >= 0.3 is 0 Å². The van der Waals surface area contributed by atoms with Crippen LogP contribution in [-0.4, -0.2) is 0 Å². The second kappa shape index (κ2) is 14.3. The zero-order valence-corrected chi connectivity index (χ0v) is 36.5. The van der Waals surface area contributed by atoms with Crippen molar-refractivity contribution in [2.45, 2.75) is 24.7 Å². The molecule has 0 aromatic heterocycles. The van der Waals surface area contributed by atoms with E-state index in [4.69, 9.17) is 0 Å². The van der Waals surface area contributed by atoms with Gasteiger partial charge in [0.2, 0.25) is 0 Å². The maximum absolute atomic E-state index is 2.52. The molecular weight excluding hydrogens is 783 g/mol. The van der Waals surface area contributed by atoms with Crippen LogP contribution in [0.1, 0.15) is 47.2 Å². The van der Waals surface area contributed by atoms with Crippen LogP contribution in [0.2, 0.25) is 0 Å². The number of hydrogen-bond donors (Lipinski definition) is 0. The van der Waals surface area contributed by atoms with Gasteiger partial charge in [0.25, 0.3) is 0 Å². The van der Waals surface area contributed by atoms with Gasteiger partial charge in [0.1, 0.15) is 0 Å². The van der Waals surface area contributed by atoms with Crippen molar-refractivity contribution >= 4 is 17.1 Å². The fourth-order valence-corrected chi connectivity index (χ4v) is 11.8. The highest BCUT2D eigenvalue weighted by molar-refractivity contribution is 6.03. The van der Waals surface area contributed by atoms with Gasteiger partial charge in [-0.2, -0.15) is 0 Å². The molecule has 10 aromatic carbocycles. The molecular formula is C64H45N. The molecule has 306 valence electrons. The van der Waals surface area contributed by atoms with E-state index in [-0.39, 0.29) is 5.41 Å². The molecule has 1 spiro atoms. The van der Waals surface area contributed by atoms with E-state index in [1.165, 1.54) is 100 Å². The molecule has 0 saturated heterocycles. The third-order valence-corrected chi connectivity index (χ3v) is 14.7. The molecule has 0 fully saturated rings. The number of rotatable bonds is 6. The fraction of sp³-hybridized carbons (Fsp3) is 0.0625. The van der Waals surface area contributed by atoms with Gasteiger partial charge in [-0.15, -0.1) is 0 Å². The van der Waals surface area contributed by atoms with Crippen LogP contribution in [0.5, 0.6) is 0 Å². The van der Waals surface area contributed by atoms with Gasteiger partial charge in [-0.25, -0.2) is 0 Å². The van der Waals surface area contributed by atoms with E-state index >= 15 is 0 Å². The van der Waals surface area contributed by atoms with Crippen LogP contribution in [0, 0.1) is 0 Å². The van der Waals surface area contributed by atoms with Gasteiger partial charge in [-0.3, -0.25) is 0 Å². The summed E-state index contributed by atoms with van der Waals surface area (Å²) in [5.74, 6) is 0. The third kappa shape index (κ3) is 5.46. The average molecular weight is 828 g/mol.